The summed E-state index contributed by atoms with van der Waals surface area (Å²) < 4.78 is 17.4. The topological polar surface area (TPSA) is 27.7 Å². The molecular formula is C12H18O3. The lowest BCUT2D eigenvalue weighted by atomic mass is 9.87. The van der Waals surface area contributed by atoms with Crippen LogP contribution in [0.1, 0.15) is 39.0 Å². The van der Waals surface area contributed by atoms with Crippen LogP contribution >= 0.6 is 0 Å². The Hall–Kier alpha value is -0.540. The molecular weight excluding hydrogens is 192 g/mol. The molecule has 0 aromatic heterocycles. The molecule has 0 amide bonds. The van der Waals surface area contributed by atoms with Gasteiger partial charge in [-0.3, -0.25) is 0 Å². The van der Waals surface area contributed by atoms with Gasteiger partial charge in [0.15, 0.2) is 5.79 Å². The third-order valence-electron chi connectivity index (χ3n) is 3.62. The Morgan fingerprint density at radius 3 is 2.80 bits per heavy atom. The van der Waals surface area contributed by atoms with Crippen LogP contribution in [0.25, 0.3) is 0 Å². The molecule has 0 saturated carbocycles. The monoisotopic (exact) mass is 210 g/mol. The summed E-state index contributed by atoms with van der Waals surface area (Å²) in [6.07, 6.45) is 5.55. The van der Waals surface area contributed by atoms with E-state index in [4.69, 9.17) is 14.2 Å². The van der Waals surface area contributed by atoms with E-state index in [-0.39, 0.29) is 5.79 Å². The molecule has 2 aliphatic heterocycles. The van der Waals surface area contributed by atoms with Gasteiger partial charge in [-0.05, 0) is 25.3 Å². The Morgan fingerprint density at radius 2 is 2.00 bits per heavy atom. The molecule has 84 valence electrons. The highest BCUT2D eigenvalue weighted by Crippen LogP contribution is 2.42. The number of rotatable bonds is 0. The van der Waals surface area contributed by atoms with Crippen molar-refractivity contribution in [1.82, 2.24) is 0 Å². The van der Waals surface area contributed by atoms with Gasteiger partial charge in [0.1, 0.15) is 0 Å². The minimum Gasteiger partial charge on any atom is -0.495 e. The van der Waals surface area contributed by atoms with Crippen molar-refractivity contribution in [3.63, 3.8) is 0 Å². The molecule has 3 rings (SSSR count). The maximum Gasteiger partial charge on any atom is 0.172 e. The maximum atomic E-state index is 5.86. The lowest BCUT2D eigenvalue weighted by Gasteiger charge is -2.37. The molecule has 0 bridgehead atoms. The summed E-state index contributed by atoms with van der Waals surface area (Å²) in [5.41, 5.74) is 1.43. The summed E-state index contributed by atoms with van der Waals surface area (Å²) in [5.74, 6) is 0.932. The molecule has 1 atom stereocenters. The van der Waals surface area contributed by atoms with Gasteiger partial charge >= 0.3 is 0 Å². The van der Waals surface area contributed by atoms with Gasteiger partial charge in [0.25, 0.3) is 0 Å². The van der Waals surface area contributed by atoms with Gasteiger partial charge in [0.2, 0.25) is 0 Å². The molecule has 1 spiro atoms. The fourth-order valence-corrected chi connectivity index (χ4v) is 2.79. The molecule has 0 aromatic rings. The van der Waals surface area contributed by atoms with Gasteiger partial charge in [-0.15, -0.1) is 0 Å². The third-order valence-corrected chi connectivity index (χ3v) is 3.62. The van der Waals surface area contributed by atoms with E-state index >= 15 is 0 Å². The third kappa shape index (κ3) is 1.68. The first kappa shape index (κ1) is 9.67. The molecule has 3 nitrogen and oxygen atoms in total. The molecule has 0 aromatic carbocycles. The summed E-state index contributed by atoms with van der Waals surface area (Å²) in [7, 11) is 0. The fraction of sp³-hybridized carbons (Fsp3) is 0.833. The Morgan fingerprint density at radius 1 is 1.20 bits per heavy atom. The van der Waals surface area contributed by atoms with Crippen LogP contribution < -0.4 is 0 Å². The van der Waals surface area contributed by atoms with Crippen LogP contribution in [0.4, 0.5) is 0 Å². The second-order valence-corrected chi connectivity index (χ2v) is 4.78. The van der Waals surface area contributed by atoms with Crippen LogP contribution in [0.3, 0.4) is 0 Å². The molecule has 0 radical (unpaired) electrons. The molecule has 1 aliphatic carbocycles. The van der Waals surface area contributed by atoms with E-state index in [1.54, 1.807) is 0 Å². The summed E-state index contributed by atoms with van der Waals surface area (Å²) in [4.78, 5) is 0. The van der Waals surface area contributed by atoms with E-state index in [1.165, 1.54) is 11.3 Å². The zero-order valence-corrected chi connectivity index (χ0v) is 9.25. The van der Waals surface area contributed by atoms with Crippen LogP contribution in [0.15, 0.2) is 11.3 Å². The summed E-state index contributed by atoms with van der Waals surface area (Å²) in [6.45, 7) is 3.65. The highest BCUT2D eigenvalue weighted by Gasteiger charge is 2.42. The Kier molecular flexibility index (Phi) is 2.25. The van der Waals surface area contributed by atoms with Crippen molar-refractivity contribution < 1.29 is 14.2 Å². The summed E-state index contributed by atoms with van der Waals surface area (Å²) >= 11 is 0. The fourth-order valence-electron chi connectivity index (χ4n) is 2.79. The highest BCUT2D eigenvalue weighted by atomic mass is 16.7. The Balaban J connectivity index is 1.79. The predicted molar refractivity (Wildman–Crippen MR) is 55.3 cm³/mol. The molecule has 1 fully saturated rings. The van der Waals surface area contributed by atoms with Gasteiger partial charge in [-0.25, -0.2) is 0 Å². The number of allylic oxidation sites excluding steroid dienone is 1. The molecule has 0 N–H and O–H groups in total. The van der Waals surface area contributed by atoms with Gasteiger partial charge < -0.3 is 14.2 Å². The van der Waals surface area contributed by atoms with E-state index < -0.39 is 0 Å². The van der Waals surface area contributed by atoms with Crippen molar-refractivity contribution in [3.05, 3.63) is 11.3 Å². The van der Waals surface area contributed by atoms with E-state index in [2.05, 4.69) is 6.92 Å². The number of ether oxygens (including phenoxy) is 3. The van der Waals surface area contributed by atoms with Gasteiger partial charge in [0.05, 0.1) is 25.1 Å². The van der Waals surface area contributed by atoms with Crippen LogP contribution in [-0.4, -0.2) is 25.1 Å². The van der Waals surface area contributed by atoms with Crippen molar-refractivity contribution in [2.75, 3.05) is 13.2 Å². The first-order valence-corrected chi connectivity index (χ1v) is 5.93. The van der Waals surface area contributed by atoms with Gasteiger partial charge in [-0.1, -0.05) is 0 Å². The molecule has 2 heterocycles. The van der Waals surface area contributed by atoms with E-state index in [0.29, 0.717) is 6.10 Å². The zero-order chi connectivity index (χ0) is 10.3. The lowest BCUT2D eigenvalue weighted by molar-refractivity contribution is -0.168. The molecule has 1 unspecified atom stereocenters. The minimum absolute atomic E-state index is 0.289. The van der Waals surface area contributed by atoms with Crippen molar-refractivity contribution in [1.29, 1.82) is 0 Å². The average molecular weight is 210 g/mol. The number of hydrogen-bond donors (Lipinski definition) is 0. The average Bonchev–Trinajstić information content (AvgIpc) is 2.67. The smallest absolute Gasteiger partial charge is 0.172 e. The molecule has 15 heavy (non-hydrogen) atoms. The van der Waals surface area contributed by atoms with Crippen molar-refractivity contribution in [2.45, 2.75) is 50.9 Å². The van der Waals surface area contributed by atoms with Crippen LogP contribution in [0.2, 0.25) is 0 Å². The van der Waals surface area contributed by atoms with Crippen molar-refractivity contribution in [3.8, 4) is 0 Å². The van der Waals surface area contributed by atoms with E-state index in [9.17, 15) is 0 Å². The zero-order valence-electron chi connectivity index (χ0n) is 9.25. The van der Waals surface area contributed by atoms with E-state index in [0.717, 1.165) is 45.3 Å². The quantitative estimate of drug-likeness (QED) is 0.614. The largest absolute Gasteiger partial charge is 0.495 e. The first-order chi connectivity index (χ1) is 7.27. The SMILES string of the molecule is CC1CCC2=C(CCC3(C2)OCCO3)O1. The van der Waals surface area contributed by atoms with Gasteiger partial charge in [-0.2, -0.15) is 0 Å². The summed E-state index contributed by atoms with van der Waals surface area (Å²) in [6, 6.07) is 0. The first-order valence-electron chi connectivity index (χ1n) is 5.93. The van der Waals surface area contributed by atoms with Crippen LogP contribution in [-0.2, 0) is 14.2 Å². The normalized spacial score (nSPS) is 34.1. The van der Waals surface area contributed by atoms with Crippen molar-refractivity contribution >= 4 is 0 Å². The minimum atomic E-state index is -0.289. The van der Waals surface area contributed by atoms with E-state index in [1.807, 2.05) is 0 Å². The highest BCUT2D eigenvalue weighted by molar-refractivity contribution is 5.18. The standard InChI is InChI=1S/C12H18O3/c1-9-2-3-10-8-12(13-6-7-14-12)5-4-11(10)15-9/h9H,2-8H2,1H3. The molecule has 1 saturated heterocycles. The van der Waals surface area contributed by atoms with Gasteiger partial charge in [0, 0.05) is 19.3 Å². The lowest BCUT2D eigenvalue weighted by Crippen LogP contribution is -2.36. The molecule has 3 heteroatoms. The Bertz CT molecular complexity index is 289. The van der Waals surface area contributed by atoms with Crippen LogP contribution in [0.5, 0.6) is 0 Å². The van der Waals surface area contributed by atoms with Crippen molar-refractivity contribution in [2.24, 2.45) is 0 Å². The second kappa shape index (κ2) is 3.49. The van der Waals surface area contributed by atoms with Crippen LogP contribution in [0, 0.1) is 0 Å². The maximum absolute atomic E-state index is 5.86. The number of hydrogen-bond acceptors (Lipinski definition) is 3. The second-order valence-electron chi connectivity index (χ2n) is 4.78. The molecule has 3 aliphatic rings. The predicted octanol–water partition coefficient (Wildman–Crippen LogP) is 2.37. The Labute approximate surface area is 90.4 Å². The summed E-state index contributed by atoms with van der Waals surface area (Å²) in [5, 5.41) is 0.